The van der Waals surface area contributed by atoms with E-state index in [4.69, 9.17) is 11.6 Å². The lowest BCUT2D eigenvalue weighted by Crippen LogP contribution is -2.16. The number of alkyl halides is 3. The molecular weight excluding hydrogens is 217 g/mol. The van der Waals surface area contributed by atoms with Crippen LogP contribution in [0.2, 0.25) is 0 Å². The summed E-state index contributed by atoms with van der Waals surface area (Å²) in [5.41, 5.74) is 0.581. The molecule has 0 bridgehead atoms. The Labute approximate surface area is 83.4 Å². The third-order valence-electron chi connectivity index (χ3n) is 1.32. The highest BCUT2D eigenvalue weighted by atomic mass is 35.5. The van der Waals surface area contributed by atoms with Gasteiger partial charge in [-0.1, -0.05) is 17.7 Å². The summed E-state index contributed by atoms with van der Waals surface area (Å²) < 4.78 is 35.8. The van der Waals surface area contributed by atoms with Gasteiger partial charge in [-0.2, -0.15) is 13.2 Å². The molecule has 0 radical (unpaired) electrons. The molecule has 1 rings (SSSR count). The van der Waals surface area contributed by atoms with E-state index in [1.807, 2.05) is 0 Å². The Morgan fingerprint density at radius 1 is 1.43 bits per heavy atom. The maximum Gasteiger partial charge on any atom is 0.444 e. The first-order valence-electron chi connectivity index (χ1n) is 3.64. The van der Waals surface area contributed by atoms with Crippen LogP contribution in [0.4, 0.5) is 19.0 Å². The van der Waals surface area contributed by atoms with Crippen LogP contribution in [0.25, 0.3) is 0 Å². The molecule has 0 saturated carbocycles. The molecule has 6 heteroatoms. The summed E-state index contributed by atoms with van der Waals surface area (Å²) in [4.78, 5) is 6.89. The van der Waals surface area contributed by atoms with Crippen molar-refractivity contribution >= 4 is 22.6 Å². The van der Waals surface area contributed by atoms with E-state index in [0.717, 1.165) is 0 Å². The topological polar surface area (TPSA) is 25.2 Å². The van der Waals surface area contributed by atoms with Gasteiger partial charge in [-0.15, -0.1) is 0 Å². The Balaban J connectivity index is 2.98. The number of aliphatic imine (C=N–C) groups is 1. The number of rotatable bonds is 1. The molecule has 0 N–H and O–H groups in total. The van der Waals surface area contributed by atoms with Gasteiger partial charge in [0.25, 0.3) is 0 Å². The normalized spacial score (nSPS) is 13.1. The molecule has 0 fully saturated rings. The third kappa shape index (κ3) is 2.99. The highest BCUT2D eigenvalue weighted by Crippen LogP contribution is 2.22. The highest BCUT2D eigenvalue weighted by Gasteiger charge is 2.34. The fraction of sp³-hybridized carbons (Fsp3) is 0.250. The van der Waals surface area contributed by atoms with Gasteiger partial charge in [0.1, 0.15) is 0 Å². The van der Waals surface area contributed by atoms with Crippen LogP contribution >= 0.6 is 11.6 Å². The maximum atomic E-state index is 11.9. The molecule has 0 amide bonds. The van der Waals surface area contributed by atoms with Crippen LogP contribution in [-0.4, -0.2) is 16.3 Å². The van der Waals surface area contributed by atoms with Gasteiger partial charge in [0.05, 0.1) is 0 Å². The minimum Gasteiger partial charge on any atom is -0.234 e. The van der Waals surface area contributed by atoms with Crippen molar-refractivity contribution in [2.75, 3.05) is 0 Å². The summed E-state index contributed by atoms with van der Waals surface area (Å²) in [6, 6.07) is 4.56. The van der Waals surface area contributed by atoms with E-state index in [1.54, 1.807) is 19.1 Å². The standard InChI is InChI=1S/C8H6ClF3N2/c1-5-3-2-4-6(13-5)14-7(9)8(10,11)12/h2-4H,1H3. The quantitative estimate of drug-likeness (QED) is 0.670. The zero-order valence-electron chi connectivity index (χ0n) is 7.14. The summed E-state index contributed by atoms with van der Waals surface area (Å²) in [5, 5.41) is -1.42. The first-order chi connectivity index (χ1) is 6.39. The summed E-state index contributed by atoms with van der Waals surface area (Å²) >= 11 is 4.93. The monoisotopic (exact) mass is 222 g/mol. The first kappa shape index (κ1) is 11.0. The molecule has 1 aromatic heterocycles. The molecule has 0 aliphatic carbocycles. The van der Waals surface area contributed by atoms with E-state index >= 15 is 0 Å². The summed E-state index contributed by atoms with van der Waals surface area (Å²) in [5.74, 6) is -0.0488. The number of halogens is 4. The van der Waals surface area contributed by atoms with E-state index in [9.17, 15) is 13.2 Å². The second-order valence-corrected chi connectivity index (χ2v) is 2.90. The van der Waals surface area contributed by atoms with Gasteiger partial charge in [-0.3, -0.25) is 0 Å². The van der Waals surface area contributed by atoms with Gasteiger partial charge in [0.2, 0.25) is 5.17 Å². The molecule has 0 aliphatic rings. The van der Waals surface area contributed by atoms with Crippen LogP contribution in [0.15, 0.2) is 23.2 Å². The highest BCUT2D eigenvalue weighted by molar-refractivity contribution is 6.67. The second-order valence-electron chi connectivity index (χ2n) is 2.54. The number of nitrogens with zero attached hydrogens (tertiary/aromatic N) is 2. The second kappa shape index (κ2) is 3.96. The van der Waals surface area contributed by atoms with Gasteiger partial charge in [0.15, 0.2) is 5.82 Å². The van der Waals surface area contributed by atoms with E-state index in [-0.39, 0.29) is 5.82 Å². The molecule has 0 spiro atoms. The molecule has 1 aromatic rings. The molecule has 1 heterocycles. The molecule has 0 unspecified atom stereocenters. The molecule has 76 valence electrons. The zero-order valence-corrected chi connectivity index (χ0v) is 7.89. The van der Waals surface area contributed by atoms with Gasteiger partial charge < -0.3 is 0 Å². The van der Waals surface area contributed by atoms with Crippen LogP contribution in [0.1, 0.15) is 5.69 Å². The molecule has 14 heavy (non-hydrogen) atoms. The number of pyridine rings is 1. The van der Waals surface area contributed by atoms with E-state index < -0.39 is 11.3 Å². The van der Waals surface area contributed by atoms with Crippen LogP contribution in [0, 0.1) is 6.92 Å². The Hall–Kier alpha value is -1.10. The SMILES string of the molecule is Cc1cccc(N=C(Cl)C(F)(F)F)n1. The Morgan fingerprint density at radius 2 is 2.07 bits per heavy atom. The van der Waals surface area contributed by atoms with Crippen molar-refractivity contribution in [2.45, 2.75) is 13.1 Å². The molecule has 2 nitrogen and oxygen atoms in total. The third-order valence-corrected chi connectivity index (χ3v) is 1.62. The van der Waals surface area contributed by atoms with Crippen LogP contribution < -0.4 is 0 Å². The molecule has 0 aromatic carbocycles. The number of aryl methyl sites for hydroxylation is 1. The number of aromatic nitrogens is 1. The van der Waals surface area contributed by atoms with Crippen molar-refractivity contribution in [3.8, 4) is 0 Å². The summed E-state index contributed by atoms with van der Waals surface area (Å²) in [6.07, 6.45) is -4.62. The Bertz CT molecular complexity index is 360. The maximum absolute atomic E-state index is 11.9. The van der Waals surface area contributed by atoms with Gasteiger partial charge in [0, 0.05) is 5.69 Å². The lowest BCUT2D eigenvalue weighted by atomic mass is 10.4. The van der Waals surface area contributed by atoms with Crippen molar-refractivity contribution in [1.29, 1.82) is 0 Å². The summed E-state index contributed by atoms with van der Waals surface area (Å²) in [7, 11) is 0. The van der Waals surface area contributed by atoms with E-state index in [2.05, 4.69) is 9.98 Å². The van der Waals surface area contributed by atoms with Crippen LogP contribution in [-0.2, 0) is 0 Å². The molecular formula is C8H6ClF3N2. The zero-order chi connectivity index (χ0) is 10.8. The van der Waals surface area contributed by atoms with Crippen molar-refractivity contribution in [3.63, 3.8) is 0 Å². The van der Waals surface area contributed by atoms with Gasteiger partial charge in [-0.05, 0) is 19.1 Å². The fourth-order valence-electron chi connectivity index (χ4n) is 0.755. The Kier molecular flexibility index (Phi) is 3.10. The lowest BCUT2D eigenvalue weighted by molar-refractivity contribution is -0.0558. The van der Waals surface area contributed by atoms with Crippen molar-refractivity contribution in [1.82, 2.24) is 4.98 Å². The minimum atomic E-state index is -4.62. The average Bonchev–Trinajstić information content (AvgIpc) is 2.02. The largest absolute Gasteiger partial charge is 0.444 e. The van der Waals surface area contributed by atoms with Gasteiger partial charge >= 0.3 is 6.18 Å². The average molecular weight is 223 g/mol. The van der Waals surface area contributed by atoms with Gasteiger partial charge in [-0.25, -0.2) is 9.98 Å². The molecule has 0 saturated heterocycles. The first-order valence-corrected chi connectivity index (χ1v) is 4.02. The predicted molar refractivity (Wildman–Crippen MR) is 48.0 cm³/mol. The predicted octanol–water partition coefficient (Wildman–Crippen LogP) is 3.22. The lowest BCUT2D eigenvalue weighted by Gasteiger charge is -2.02. The smallest absolute Gasteiger partial charge is 0.234 e. The molecule has 0 aliphatic heterocycles. The Morgan fingerprint density at radius 3 is 2.57 bits per heavy atom. The van der Waals surface area contributed by atoms with E-state index in [1.165, 1.54) is 6.07 Å². The van der Waals surface area contributed by atoms with E-state index in [0.29, 0.717) is 5.69 Å². The van der Waals surface area contributed by atoms with Crippen molar-refractivity contribution < 1.29 is 13.2 Å². The molecule has 0 atom stereocenters. The number of hydrogen-bond acceptors (Lipinski definition) is 2. The minimum absolute atomic E-state index is 0.0488. The fourth-order valence-corrected chi connectivity index (χ4v) is 0.841. The van der Waals surface area contributed by atoms with Crippen molar-refractivity contribution in [2.24, 2.45) is 4.99 Å². The van der Waals surface area contributed by atoms with Crippen LogP contribution in [0.3, 0.4) is 0 Å². The summed E-state index contributed by atoms with van der Waals surface area (Å²) in [6.45, 7) is 1.65. The number of hydrogen-bond donors (Lipinski definition) is 0. The van der Waals surface area contributed by atoms with Crippen molar-refractivity contribution in [3.05, 3.63) is 23.9 Å². The van der Waals surface area contributed by atoms with Crippen LogP contribution in [0.5, 0.6) is 0 Å².